The number of hydrogen-bond donors (Lipinski definition) is 1. The third-order valence-corrected chi connectivity index (χ3v) is 6.15. The Kier molecular flexibility index (Phi) is 4.26. The molecule has 0 aromatic heterocycles. The monoisotopic (exact) mass is 289 g/mol. The van der Waals surface area contributed by atoms with Crippen LogP contribution < -0.4 is 5.73 Å². The number of piperazine rings is 1. The third-order valence-electron chi connectivity index (χ3n) is 4.85. The van der Waals surface area contributed by atoms with E-state index in [1.165, 1.54) is 19.1 Å². The van der Waals surface area contributed by atoms with Crippen molar-refractivity contribution in [2.24, 2.45) is 11.1 Å². The highest BCUT2D eigenvalue weighted by molar-refractivity contribution is 7.88. The second-order valence-corrected chi connectivity index (χ2v) is 8.65. The minimum Gasteiger partial charge on any atom is -0.326 e. The van der Waals surface area contributed by atoms with Crippen molar-refractivity contribution in [1.82, 2.24) is 9.21 Å². The van der Waals surface area contributed by atoms with E-state index in [0.29, 0.717) is 19.1 Å². The molecule has 19 heavy (non-hydrogen) atoms. The van der Waals surface area contributed by atoms with Crippen molar-refractivity contribution in [1.29, 1.82) is 0 Å². The molecule has 0 aromatic carbocycles. The molecule has 2 atom stereocenters. The molecule has 112 valence electrons. The summed E-state index contributed by atoms with van der Waals surface area (Å²) in [5, 5.41) is 0. The molecule has 6 heteroatoms. The molecular weight excluding hydrogens is 262 g/mol. The van der Waals surface area contributed by atoms with Crippen molar-refractivity contribution in [2.75, 3.05) is 32.4 Å². The van der Waals surface area contributed by atoms with Crippen molar-refractivity contribution in [3.63, 3.8) is 0 Å². The van der Waals surface area contributed by atoms with Crippen LogP contribution in [0.2, 0.25) is 0 Å². The zero-order valence-electron chi connectivity index (χ0n) is 12.3. The van der Waals surface area contributed by atoms with E-state index in [4.69, 9.17) is 5.73 Å². The smallest absolute Gasteiger partial charge is 0.211 e. The van der Waals surface area contributed by atoms with Crippen LogP contribution in [0.1, 0.15) is 33.1 Å². The Bertz CT molecular complexity index is 414. The first-order chi connectivity index (χ1) is 8.72. The van der Waals surface area contributed by atoms with Gasteiger partial charge in [0.1, 0.15) is 0 Å². The highest BCUT2D eigenvalue weighted by Crippen LogP contribution is 2.36. The van der Waals surface area contributed by atoms with E-state index in [2.05, 4.69) is 18.7 Å². The Morgan fingerprint density at radius 1 is 1.16 bits per heavy atom. The Hall–Kier alpha value is -0.170. The summed E-state index contributed by atoms with van der Waals surface area (Å²) in [6.45, 7) is 7.31. The van der Waals surface area contributed by atoms with Crippen LogP contribution in [0.15, 0.2) is 0 Å². The van der Waals surface area contributed by atoms with Gasteiger partial charge < -0.3 is 5.73 Å². The maximum Gasteiger partial charge on any atom is 0.211 e. The minimum atomic E-state index is -3.04. The van der Waals surface area contributed by atoms with Crippen LogP contribution in [-0.2, 0) is 10.0 Å². The van der Waals surface area contributed by atoms with E-state index in [9.17, 15) is 8.42 Å². The summed E-state index contributed by atoms with van der Waals surface area (Å²) in [7, 11) is -3.04. The first-order valence-corrected chi connectivity index (χ1v) is 9.01. The summed E-state index contributed by atoms with van der Waals surface area (Å²) in [6.07, 6.45) is 4.84. The lowest BCUT2D eigenvalue weighted by molar-refractivity contribution is 0.0475. The number of nitrogens with two attached hydrogens (primary N) is 1. The molecule has 2 fully saturated rings. The lowest BCUT2D eigenvalue weighted by Crippen LogP contribution is -2.61. The minimum absolute atomic E-state index is 0.186. The average Bonchev–Trinajstić information content (AvgIpc) is 2.32. The molecule has 1 aliphatic heterocycles. The molecular formula is C13H27N3O2S. The van der Waals surface area contributed by atoms with Gasteiger partial charge in [-0.05, 0) is 18.3 Å². The fourth-order valence-electron chi connectivity index (χ4n) is 3.41. The van der Waals surface area contributed by atoms with Gasteiger partial charge in [-0.3, -0.25) is 4.90 Å². The maximum absolute atomic E-state index is 11.5. The topological polar surface area (TPSA) is 66.6 Å². The van der Waals surface area contributed by atoms with Crippen LogP contribution in [0.25, 0.3) is 0 Å². The molecule has 2 unspecified atom stereocenters. The van der Waals surface area contributed by atoms with Crippen LogP contribution in [0.3, 0.4) is 0 Å². The van der Waals surface area contributed by atoms with Gasteiger partial charge in [0.05, 0.1) is 6.26 Å². The van der Waals surface area contributed by atoms with Crippen LogP contribution in [0.5, 0.6) is 0 Å². The van der Waals surface area contributed by atoms with Gasteiger partial charge >= 0.3 is 0 Å². The summed E-state index contributed by atoms with van der Waals surface area (Å²) >= 11 is 0. The Balaban J connectivity index is 1.98. The fourth-order valence-corrected chi connectivity index (χ4v) is 4.24. The molecule has 0 amide bonds. The average molecular weight is 289 g/mol. The molecule has 2 rings (SSSR count). The molecule has 0 spiro atoms. The van der Waals surface area contributed by atoms with Gasteiger partial charge in [-0.2, -0.15) is 4.31 Å². The molecule has 1 saturated heterocycles. The van der Waals surface area contributed by atoms with Crippen molar-refractivity contribution < 1.29 is 8.42 Å². The van der Waals surface area contributed by atoms with Gasteiger partial charge in [0.25, 0.3) is 0 Å². The second-order valence-electron chi connectivity index (χ2n) is 6.67. The molecule has 2 aliphatic rings. The second kappa shape index (κ2) is 5.31. The molecule has 5 nitrogen and oxygen atoms in total. The first kappa shape index (κ1) is 15.2. The van der Waals surface area contributed by atoms with E-state index in [1.54, 1.807) is 4.31 Å². The Labute approximate surface area is 117 Å². The first-order valence-electron chi connectivity index (χ1n) is 7.16. The molecule has 1 saturated carbocycles. The van der Waals surface area contributed by atoms with Gasteiger partial charge in [-0.15, -0.1) is 0 Å². The summed E-state index contributed by atoms with van der Waals surface area (Å²) in [5.41, 5.74) is 6.63. The van der Waals surface area contributed by atoms with Gasteiger partial charge in [0.2, 0.25) is 10.0 Å². The standard InChI is InChI=1S/C13H27N3O2S/c1-13(2)6-4-5-11(12(13)14)15-7-9-16(10-8-15)19(3,17)18/h11-12H,4-10,14H2,1-3H3. The van der Waals surface area contributed by atoms with E-state index < -0.39 is 10.0 Å². The van der Waals surface area contributed by atoms with Crippen molar-refractivity contribution in [2.45, 2.75) is 45.2 Å². The van der Waals surface area contributed by atoms with Gasteiger partial charge in [-0.25, -0.2) is 8.42 Å². The van der Waals surface area contributed by atoms with E-state index in [0.717, 1.165) is 19.5 Å². The molecule has 0 bridgehead atoms. The SMILES string of the molecule is CC1(C)CCCC(N2CCN(S(C)(=O)=O)CC2)C1N. The van der Waals surface area contributed by atoms with Crippen molar-refractivity contribution in [3.8, 4) is 0 Å². The van der Waals surface area contributed by atoms with E-state index in [1.807, 2.05) is 0 Å². The summed E-state index contributed by atoms with van der Waals surface area (Å²) in [4.78, 5) is 2.40. The highest BCUT2D eigenvalue weighted by atomic mass is 32.2. The zero-order valence-corrected chi connectivity index (χ0v) is 13.1. The van der Waals surface area contributed by atoms with Crippen LogP contribution in [0.4, 0.5) is 0 Å². The normalized spacial score (nSPS) is 34.3. The molecule has 0 radical (unpaired) electrons. The largest absolute Gasteiger partial charge is 0.326 e. The van der Waals surface area contributed by atoms with Gasteiger partial charge in [0, 0.05) is 38.3 Å². The summed E-state index contributed by atoms with van der Waals surface area (Å²) < 4.78 is 24.6. The molecule has 1 aliphatic carbocycles. The lowest BCUT2D eigenvalue weighted by Gasteiger charge is -2.48. The number of nitrogens with zero attached hydrogens (tertiary/aromatic N) is 2. The molecule has 1 heterocycles. The predicted octanol–water partition coefficient (Wildman–Crippen LogP) is 0.470. The highest BCUT2D eigenvalue weighted by Gasteiger charge is 2.40. The van der Waals surface area contributed by atoms with Crippen LogP contribution in [0, 0.1) is 5.41 Å². The Morgan fingerprint density at radius 2 is 1.74 bits per heavy atom. The summed E-state index contributed by atoms with van der Waals surface area (Å²) in [5.74, 6) is 0. The van der Waals surface area contributed by atoms with Crippen molar-refractivity contribution >= 4 is 10.0 Å². The third kappa shape index (κ3) is 3.29. The lowest BCUT2D eigenvalue weighted by atomic mass is 9.70. The predicted molar refractivity (Wildman–Crippen MR) is 77.4 cm³/mol. The maximum atomic E-state index is 11.5. The summed E-state index contributed by atoms with van der Waals surface area (Å²) in [6, 6.07) is 0.594. The number of sulfonamides is 1. The van der Waals surface area contributed by atoms with Gasteiger partial charge in [-0.1, -0.05) is 20.3 Å². The van der Waals surface area contributed by atoms with Crippen LogP contribution >= 0.6 is 0 Å². The number of rotatable bonds is 2. The van der Waals surface area contributed by atoms with Crippen molar-refractivity contribution in [3.05, 3.63) is 0 Å². The van der Waals surface area contributed by atoms with Gasteiger partial charge in [0.15, 0.2) is 0 Å². The molecule has 0 aromatic rings. The van der Waals surface area contributed by atoms with Crippen LogP contribution in [-0.4, -0.2) is 62.1 Å². The quantitative estimate of drug-likeness (QED) is 0.802. The fraction of sp³-hybridized carbons (Fsp3) is 1.00. The molecule has 2 N–H and O–H groups in total. The Morgan fingerprint density at radius 3 is 2.26 bits per heavy atom. The number of hydrogen-bond acceptors (Lipinski definition) is 4. The van der Waals surface area contributed by atoms with E-state index >= 15 is 0 Å². The van der Waals surface area contributed by atoms with E-state index in [-0.39, 0.29) is 11.5 Å². The zero-order chi connectivity index (χ0) is 14.3.